The van der Waals surface area contributed by atoms with Gasteiger partial charge in [-0.15, -0.1) is 0 Å². The van der Waals surface area contributed by atoms with E-state index in [2.05, 4.69) is 40.6 Å². The smallest absolute Gasteiger partial charge is 0.226 e. The molecule has 0 unspecified atom stereocenters. The zero-order chi connectivity index (χ0) is 18.6. The minimum absolute atomic E-state index is 0.0512. The monoisotopic (exact) mass is 359 g/mol. The fourth-order valence-electron chi connectivity index (χ4n) is 3.15. The molecule has 0 spiro atoms. The molecule has 0 fully saturated rings. The van der Waals surface area contributed by atoms with Gasteiger partial charge in [-0.25, -0.2) is 0 Å². The molecule has 136 valence electrons. The highest BCUT2D eigenvalue weighted by Gasteiger charge is 2.08. The van der Waals surface area contributed by atoms with Crippen molar-refractivity contribution in [2.45, 2.75) is 26.4 Å². The van der Waals surface area contributed by atoms with Gasteiger partial charge >= 0.3 is 0 Å². The molecule has 6 nitrogen and oxygen atoms in total. The number of hydrogen-bond acceptors (Lipinski definition) is 3. The second-order valence-electron chi connectivity index (χ2n) is 6.64. The zero-order valence-electron chi connectivity index (χ0n) is 15.2. The van der Waals surface area contributed by atoms with Crippen molar-refractivity contribution in [2.24, 2.45) is 0 Å². The lowest BCUT2D eigenvalue weighted by Gasteiger charge is -2.05. The highest BCUT2D eigenvalue weighted by Crippen LogP contribution is 2.14. The van der Waals surface area contributed by atoms with Crippen LogP contribution in [0.25, 0.3) is 10.9 Å². The number of aryl methyl sites for hydroxylation is 2. The number of hydrogen-bond donors (Lipinski definition) is 1. The molecule has 1 amide bonds. The lowest BCUT2D eigenvalue weighted by molar-refractivity contribution is -0.116. The van der Waals surface area contributed by atoms with Gasteiger partial charge in [0.15, 0.2) is 0 Å². The van der Waals surface area contributed by atoms with Gasteiger partial charge in [-0.05, 0) is 18.6 Å². The van der Waals surface area contributed by atoms with Gasteiger partial charge in [0.05, 0.1) is 36.7 Å². The van der Waals surface area contributed by atoms with Crippen LogP contribution in [0.2, 0.25) is 0 Å². The van der Waals surface area contributed by atoms with Crippen molar-refractivity contribution in [3.63, 3.8) is 0 Å². The average Bonchev–Trinajstić information content (AvgIpc) is 3.27. The normalized spacial score (nSPS) is 11.0. The van der Waals surface area contributed by atoms with Crippen LogP contribution in [-0.2, 0) is 17.9 Å². The number of aromatic nitrogens is 4. The first kappa shape index (κ1) is 17.0. The molecular weight excluding hydrogens is 338 g/mol. The van der Waals surface area contributed by atoms with E-state index in [0.717, 1.165) is 10.9 Å². The third-order valence-corrected chi connectivity index (χ3v) is 4.45. The summed E-state index contributed by atoms with van der Waals surface area (Å²) >= 11 is 0. The maximum absolute atomic E-state index is 12.3. The lowest BCUT2D eigenvalue weighted by Crippen LogP contribution is -2.14. The number of carbonyl (C=O) groups excluding carboxylic acids is 1. The molecule has 2 heterocycles. The summed E-state index contributed by atoms with van der Waals surface area (Å²) in [6.45, 7) is 3.29. The van der Waals surface area contributed by atoms with Crippen molar-refractivity contribution in [3.8, 4) is 0 Å². The van der Waals surface area contributed by atoms with Crippen LogP contribution in [0.5, 0.6) is 0 Å². The van der Waals surface area contributed by atoms with Crippen LogP contribution in [0.4, 0.5) is 5.69 Å². The number of rotatable bonds is 6. The Morgan fingerprint density at radius 3 is 2.85 bits per heavy atom. The van der Waals surface area contributed by atoms with Crippen LogP contribution in [0, 0.1) is 6.92 Å². The van der Waals surface area contributed by atoms with Crippen molar-refractivity contribution >= 4 is 22.5 Å². The minimum atomic E-state index is -0.0512. The van der Waals surface area contributed by atoms with Gasteiger partial charge in [0.1, 0.15) is 0 Å². The standard InChI is InChI=1S/C21H21N5O/c1-16-5-4-6-17(11-16)14-25-15-19(13-22-25)24-21(27)9-10-26-20-8-3-2-7-18(20)12-23-26/h2-8,11-13,15H,9-10,14H2,1H3,(H,24,27). The van der Waals surface area contributed by atoms with Crippen LogP contribution in [-0.4, -0.2) is 25.5 Å². The molecule has 4 aromatic rings. The summed E-state index contributed by atoms with van der Waals surface area (Å²) in [6, 6.07) is 16.3. The molecular formula is C21H21N5O. The predicted molar refractivity (Wildman–Crippen MR) is 105 cm³/mol. The van der Waals surface area contributed by atoms with Crippen molar-refractivity contribution in [2.75, 3.05) is 5.32 Å². The van der Waals surface area contributed by atoms with Crippen LogP contribution in [0.15, 0.2) is 67.1 Å². The minimum Gasteiger partial charge on any atom is -0.323 e. The predicted octanol–water partition coefficient (Wildman–Crippen LogP) is 3.62. The molecule has 2 aromatic heterocycles. The third kappa shape index (κ3) is 4.06. The molecule has 2 aromatic carbocycles. The summed E-state index contributed by atoms with van der Waals surface area (Å²) < 4.78 is 3.68. The van der Waals surface area contributed by atoms with Gasteiger partial charge in [0.25, 0.3) is 0 Å². The topological polar surface area (TPSA) is 64.7 Å². The summed E-state index contributed by atoms with van der Waals surface area (Å²) in [5.74, 6) is -0.0512. The molecule has 0 saturated heterocycles. The van der Waals surface area contributed by atoms with Gasteiger partial charge < -0.3 is 5.32 Å². The molecule has 1 N–H and O–H groups in total. The first-order valence-corrected chi connectivity index (χ1v) is 8.96. The van der Waals surface area contributed by atoms with Gasteiger partial charge in [-0.1, -0.05) is 48.0 Å². The van der Waals surface area contributed by atoms with E-state index in [0.29, 0.717) is 25.2 Å². The Balaban J connectivity index is 1.34. The number of fused-ring (bicyclic) bond motifs is 1. The molecule has 0 bridgehead atoms. The Bertz CT molecular complexity index is 1080. The van der Waals surface area contributed by atoms with Crippen LogP contribution >= 0.6 is 0 Å². The SMILES string of the molecule is Cc1cccc(Cn2cc(NC(=O)CCn3ncc4ccccc43)cn2)c1. The highest BCUT2D eigenvalue weighted by atomic mass is 16.1. The Kier molecular flexibility index (Phi) is 4.70. The van der Waals surface area contributed by atoms with E-state index < -0.39 is 0 Å². The van der Waals surface area contributed by atoms with E-state index in [1.165, 1.54) is 11.1 Å². The molecule has 0 atom stereocenters. The molecule has 0 aliphatic rings. The molecule has 0 aliphatic carbocycles. The summed E-state index contributed by atoms with van der Waals surface area (Å²) in [5, 5.41) is 12.7. The molecule has 4 rings (SSSR count). The van der Waals surface area contributed by atoms with E-state index in [4.69, 9.17) is 0 Å². The van der Waals surface area contributed by atoms with Crippen molar-refractivity contribution < 1.29 is 4.79 Å². The average molecular weight is 359 g/mol. The number of nitrogens with one attached hydrogen (secondary N) is 1. The van der Waals surface area contributed by atoms with E-state index in [1.807, 2.05) is 52.1 Å². The zero-order valence-corrected chi connectivity index (χ0v) is 15.2. The maximum atomic E-state index is 12.3. The quantitative estimate of drug-likeness (QED) is 0.572. The molecule has 6 heteroatoms. The van der Waals surface area contributed by atoms with Crippen LogP contribution < -0.4 is 5.32 Å². The van der Waals surface area contributed by atoms with Crippen molar-refractivity contribution in [1.29, 1.82) is 0 Å². The number of para-hydroxylation sites is 1. The van der Waals surface area contributed by atoms with Crippen molar-refractivity contribution in [3.05, 3.63) is 78.2 Å². The van der Waals surface area contributed by atoms with Crippen LogP contribution in [0.3, 0.4) is 0 Å². The first-order valence-electron chi connectivity index (χ1n) is 8.96. The molecule has 0 saturated carbocycles. The number of nitrogens with zero attached hydrogens (tertiary/aromatic N) is 4. The first-order chi connectivity index (χ1) is 13.2. The van der Waals surface area contributed by atoms with Crippen LogP contribution in [0.1, 0.15) is 17.5 Å². The Labute approximate surface area is 157 Å². The summed E-state index contributed by atoms with van der Waals surface area (Å²) in [4.78, 5) is 12.3. The number of amides is 1. The number of benzene rings is 2. The molecule has 27 heavy (non-hydrogen) atoms. The fourth-order valence-corrected chi connectivity index (χ4v) is 3.15. The number of carbonyl (C=O) groups is 1. The fraction of sp³-hybridized carbons (Fsp3) is 0.190. The van der Waals surface area contributed by atoms with Gasteiger partial charge in [0, 0.05) is 18.0 Å². The Morgan fingerprint density at radius 1 is 1.07 bits per heavy atom. The van der Waals surface area contributed by atoms with Gasteiger partial charge in [-0.3, -0.25) is 14.2 Å². The highest BCUT2D eigenvalue weighted by molar-refractivity contribution is 5.90. The van der Waals surface area contributed by atoms with Crippen molar-refractivity contribution in [1.82, 2.24) is 19.6 Å². The Morgan fingerprint density at radius 2 is 1.96 bits per heavy atom. The number of anilines is 1. The summed E-state index contributed by atoms with van der Waals surface area (Å²) in [5.41, 5.74) is 4.15. The third-order valence-electron chi connectivity index (χ3n) is 4.45. The van der Waals surface area contributed by atoms with E-state index in [-0.39, 0.29) is 5.91 Å². The second kappa shape index (κ2) is 7.45. The molecule has 0 radical (unpaired) electrons. The van der Waals surface area contributed by atoms with E-state index in [1.54, 1.807) is 6.20 Å². The Hall–Kier alpha value is -3.41. The van der Waals surface area contributed by atoms with Gasteiger partial charge in [-0.2, -0.15) is 10.2 Å². The van der Waals surface area contributed by atoms with Gasteiger partial charge in [0.2, 0.25) is 5.91 Å². The lowest BCUT2D eigenvalue weighted by atomic mass is 10.1. The maximum Gasteiger partial charge on any atom is 0.226 e. The molecule has 0 aliphatic heterocycles. The van der Waals surface area contributed by atoms with E-state index >= 15 is 0 Å². The largest absolute Gasteiger partial charge is 0.323 e. The van der Waals surface area contributed by atoms with E-state index in [9.17, 15) is 4.79 Å². The second-order valence-corrected chi connectivity index (χ2v) is 6.64. The summed E-state index contributed by atoms with van der Waals surface area (Å²) in [7, 11) is 0. The summed E-state index contributed by atoms with van der Waals surface area (Å²) in [6.07, 6.45) is 5.71.